The van der Waals surface area contributed by atoms with Crippen molar-refractivity contribution in [3.8, 4) is 0 Å². The van der Waals surface area contributed by atoms with Gasteiger partial charge in [-0.25, -0.2) is 4.98 Å². The molecule has 0 aliphatic carbocycles. The van der Waals surface area contributed by atoms with Crippen molar-refractivity contribution >= 4 is 11.7 Å². The number of hydrogen-bond acceptors (Lipinski definition) is 3. The molecule has 0 saturated carbocycles. The molecule has 104 valence electrons. The predicted molar refractivity (Wildman–Crippen MR) is 81.0 cm³/mol. The van der Waals surface area contributed by atoms with Gasteiger partial charge in [0.05, 0.1) is 0 Å². The van der Waals surface area contributed by atoms with Crippen molar-refractivity contribution in [1.82, 2.24) is 10.3 Å². The lowest BCUT2D eigenvalue weighted by atomic mass is 10.0. The second kappa shape index (κ2) is 6.82. The van der Waals surface area contributed by atoms with E-state index in [2.05, 4.69) is 15.6 Å². The molecule has 0 radical (unpaired) electrons. The molecule has 2 aromatic rings. The first-order valence-corrected chi connectivity index (χ1v) is 6.67. The molecule has 0 fully saturated rings. The van der Waals surface area contributed by atoms with Gasteiger partial charge in [0.25, 0.3) is 5.91 Å². The molecule has 20 heavy (non-hydrogen) atoms. The fourth-order valence-corrected chi connectivity index (χ4v) is 1.94. The van der Waals surface area contributed by atoms with Crippen molar-refractivity contribution < 1.29 is 4.79 Å². The van der Waals surface area contributed by atoms with E-state index >= 15 is 0 Å². The van der Waals surface area contributed by atoms with Gasteiger partial charge in [0.2, 0.25) is 0 Å². The number of aryl methyl sites for hydroxylation is 1. The molecule has 1 heterocycles. The van der Waals surface area contributed by atoms with Crippen molar-refractivity contribution in [1.29, 1.82) is 0 Å². The molecule has 0 aliphatic rings. The highest BCUT2D eigenvalue weighted by Crippen LogP contribution is 2.12. The normalized spacial score (nSPS) is 10.3. The van der Waals surface area contributed by atoms with Gasteiger partial charge in [-0.05, 0) is 50.2 Å². The Labute approximate surface area is 119 Å². The number of anilines is 1. The van der Waals surface area contributed by atoms with Gasteiger partial charge in [-0.1, -0.05) is 24.3 Å². The van der Waals surface area contributed by atoms with Crippen molar-refractivity contribution in [3.05, 3.63) is 59.3 Å². The summed E-state index contributed by atoms with van der Waals surface area (Å²) in [6.45, 7) is 2.80. The Morgan fingerprint density at radius 3 is 2.70 bits per heavy atom. The summed E-state index contributed by atoms with van der Waals surface area (Å²) in [6.07, 6.45) is 2.56. The summed E-state index contributed by atoms with van der Waals surface area (Å²) >= 11 is 0. The van der Waals surface area contributed by atoms with E-state index in [1.165, 1.54) is 0 Å². The van der Waals surface area contributed by atoms with Gasteiger partial charge < -0.3 is 10.6 Å². The predicted octanol–water partition coefficient (Wildman–Crippen LogP) is 2.40. The minimum absolute atomic E-state index is 0.118. The molecule has 0 saturated heterocycles. The fourth-order valence-electron chi connectivity index (χ4n) is 1.94. The van der Waals surface area contributed by atoms with Crippen molar-refractivity contribution in [2.75, 3.05) is 18.9 Å². The Hall–Kier alpha value is -2.20. The lowest BCUT2D eigenvalue weighted by Crippen LogP contribution is -2.17. The van der Waals surface area contributed by atoms with Crippen LogP contribution in [0, 0.1) is 6.92 Å². The molecule has 0 spiro atoms. The zero-order valence-electron chi connectivity index (χ0n) is 11.8. The summed E-state index contributed by atoms with van der Waals surface area (Å²) in [4.78, 5) is 16.5. The lowest BCUT2D eigenvalue weighted by Gasteiger charge is -2.09. The first-order valence-electron chi connectivity index (χ1n) is 6.67. The Morgan fingerprint density at radius 2 is 2.00 bits per heavy atom. The summed E-state index contributed by atoms with van der Waals surface area (Å²) in [7, 11) is 1.90. The molecule has 0 aliphatic heterocycles. The van der Waals surface area contributed by atoms with Crippen LogP contribution in [0.2, 0.25) is 0 Å². The van der Waals surface area contributed by atoms with Crippen LogP contribution >= 0.6 is 0 Å². The Morgan fingerprint density at radius 1 is 1.20 bits per heavy atom. The van der Waals surface area contributed by atoms with Crippen LogP contribution in [0.25, 0.3) is 0 Å². The molecule has 1 aromatic heterocycles. The summed E-state index contributed by atoms with van der Waals surface area (Å²) < 4.78 is 0. The summed E-state index contributed by atoms with van der Waals surface area (Å²) in [6, 6.07) is 11.4. The third kappa shape index (κ3) is 3.65. The highest BCUT2D eigenvalue weighted by molar-refractivity contribution is 6.04. The summed E-state index contributed by atoms with van der Waals surface area (Å²) in [5, 5.41) is 5.93. The Balaban J connectivity index is 2.14. The van der Waals surface area contributed by atoms with Gasteiger partial charge in [-0.3, -0.25) is 4.79 Å². The third-order valence-electron chi connectivity index (χ3n) is 3.06. The van der Waals surface area contributed by atoms with E-state index in [-0.39, 0.29) is 5.91 Å². The largest absolute Gasteiger partial charge is 0.319 e. The average Bonchev–Trinajstić information content (AvgIpc) is 2.47. The number of carbonyl (C=O) groups is 1. The molecule has 4 nitrogen and oxygen atoms in total. The molecule has 1 aromatic carbocycles. The molecule has 4 heteroatoms. The molecule has 0 unspecified atom stereocenters. The Bertz CT molecular complexity index is 579. The molecule has 0 atom stereocenters. The number of pyridine rings is 1. The number of carbonyl (C=O) groups excluding carboxylic acids is 1. The van der Waals surface area contributed by atoms with E-state index in [4.69, 9.17) is 0 Å². The van der Waals surface area contributed by atoms with Gasteiger partial charge in [-0.15, -0.1) is 0 Å². The van der Waals surface area contributed by atoms with E-state index in [9.17, 15) is 4.79 Å². The van der Waals surface area contributed by atoms with Gasteiger partial charge >= 0.3 is 0 Å². The van der Waals surface area contributed by atoms with E-state index in [1.807, 2.05) is 50.4 Å². The molecular formula is C16H19N3O. The molecule has 2 N–H and O–H groups in total. The zero-order chi connectivity index (χ0) is 14.4. The Kier molecular flexibility index (Phi) is 4.85. The number of benzene rings is 1. The van der Waals surface area contributed by atoms with Crippen LogP contribution in [0.5, 0.6) is 0 Å². The van der Waals surface area contributed by atoms with Crippen LogP contribution in [-0.2, 0) is 6.42 Å². The second-order valence-corrected chi connectivity index (χ2v) is 4.69. The number of nitrogens with one attached hydrogen (secondary N) is 2. The highest BCUT2D eigenvalue weighted by Gasteiger charge is 2.11. The van der Waals surface area contributed by atoms with Crippen LogP contribution < -0.4 is 10.6 Å². The van der Waals surface area contributed by atoms with E-state index in [1.54, 1.807) is 6.20 Å². The fraction of sp³-hybridized carbons (Fsp3) is 0.250. The van der Waals surface area contributed by atoms with Gasteiger partial charge in [0.15, 0.2) is 0 Å². The van der Waals surface area contributed by atoms with E-state index in [0.717, 1.165) is 24.1 Å². The number of amides is 1. The highest BCUT2D eigenvalue weighted by atomic mass is 16.1. The SMILES string of the molecule is CNCCc1ccccc1C(=O)Nc1ccc(C)cn1. The van der Waals surface area contributed by atoms with Gasteiger partial charge in [0, 0.05) is 11.8 Å². The number of likely N-dealkylation sites (N-methyl/N-ethyl adjacent to an activating group) is 1. The van der Waals surface area contributed by atoms with Crippen molar-refractivity contribution in [3.63, 3.8) is 0 Å². The first kappa shape index (κ1) is 14.2. The topological polar surface area (TPSA) is 54.0 Å². The van der Waals surface area contributed by atoms with Crippen LogP contribution in [0.3, 0.4) is 0 Å². The van der Waals surface area contributed by atoms with Crippen molar-refractivity contribution in [2.45, 2.75) is 13.3 Å². The monoisotopic (exact) mass is 269 g/mol. The first-order chi connectivity index (χ1) is 9.70. The molecule has 1 amide bonds. The summed E-state index contributed by atoms with van der Waals surface area (Å²) in [5.74, 6) is 0.456. The van der Waals surface area contributed by atoms with Crippen LogP contribution in [-0.4, -0.2) is 24.5 Å². The van der Waals surface area contributed by atoms with Crippen LogP contribution in [0.15, 0.2) is 42.6 Å². The number of aromatic nitrogens is 1. The molecular weight excluding hydrogens is 250 g/mol. The number of hydrogen-bond donors (Lipinski definition) is 2. The van der Waals surface area contributed by atoms with E-state index < -0.39 is 0 Å². The maximum atomic E-state index is 12.3. The maximum Gasteiger partial charge on any atom is 0.257 e. The molecule has 2 rings (SSSR count). The minimum Gasteiger partial charge on any atom is -0.319 e. The zero-order valence-corrected chi connectivity index (χ0v) is 11.8. The summed E-state index contributed by atoms with van der Waals surface area (Å²) in [5.41, 5.74) is 2.80. The van der Waals surface area contributed by atoms with Crippen LogP contribution in [0.4, 0.5) is 5.82 Å². The smallest absolute Gasteiger partial charge is 0.257 e. The lowest BCUT2D eigenvalue weighted by molar-refractivity contribution is 0.102. The van der Waals surface area contributed by atoms with Crippen molar-refractivity contribution in [2.24, 2.45) is 0 Å². The van der Waals surface area contributed by atoms with E-state index in [0.29, 0.717) is 11.4 Å². The quantitative estimate of drug-likeness (QED) is 0.876. The van der Waals surface area contributed by atoms with Gasteiger partial charge in [0.1, 0.15) is 5.82 Å². The second-order valence-electron chi connectivity index (χ2n) is 4.69. The van der Waals surface area contributed by atoms with Crippen LogP contribution in [0.1, 0.15) is 21.5 Å². The number of nitrogens with zero attached hydrogens (tertiary/aromatic N) is 1. The maximum absolute atomic E-state index is 12.3. The number of rotatable bonds is 5. The average molecular weight is 269 g/mol. The molecule has 0 bridgehead atoms. The third-order valence-corrected chi connectivity index (χ3v) is 3.06. The minimum atomic E-state index is -0.118. The standard InChI is InChI=1S/C16H19N3O/c1-12-7-8-15(18-11-12)19-16(20)14-6-4-3-5-13(14)9-10-17-2/h3-8,11,17H,9-10H2,1-2H3,(H,18,19,20). The van der Waals surface area contributed by atoms with Gasteiger partial charge in [-0.2, -0.15) is 0 Å².